The Labute approximate surface area is 159 Å². The van der Waals surface area contributed by atoms with Crippen molar-refractivity contribution in [1.29, 1.82) is 0 Å². The minimum absolute atomic E-state index is 0.179. The molecule has 3 rings (SSSR count). The molecule has 0 bridgehead atoms. The SMILES string of the molecule is CSc1nc(C)c(CCC(=O)Nc2cc(-n3cnnn3)ccc2C)c(=O)[nH]1. The second kappa shape index (κ2) is 8.12. The van der Waals surface area contributed by atoms with E-state index in [1.807, 2.05) is 25.3 Å². The van der Waals surface area contributed by atoms with Gasteiger partial charge in [0, 0.05) is 23.4 Å². The molecule has 3 aromatic rings. The van der Waals surface area contributed by atoms with Gasteiger partial charge in [-0.1, -0.05) is 17.8 Å². The molecule has 0 unspecified atom stereocenters. The lowest BCUT2D eigenvalue weighted by molar-refractivity contribution is -0.116. The number of benzene rings is 1. The number of hydrogen-bond acceptors (Lipinski definition) is 7. The number of hydrogen-bond donors (Lipinski definition) is 2. The van der Waals surface area contributed by atoms with E-state index in [2.05, 4.69) is 30.8 Å². The van der Waals surface area contributed by atoms with Crippen LogP contribution in [0.15, 0.2) is 34.5 Å². The number of amides is 1. The van der Waals surface area contributed by atoms with Crippen LogP contribution in [-0.4, -0.2) is 42.3 Å². The van der Waals surface area contributed by atoms with Gasteiger partial charge in [-0.15, -0.1) is 5.10 Å². The Hall–Kier alpha value is -3.01. The molecule has 27 heavy (non-hydrogen) atoms. The van der Waals surface area contributed by atoms with Crippen molar-refractivity contribution >= 4 is 23.4 Å². The predicted molar refractivity (Wildman–Crippen MR) is 102 cm³/mol. The molecule has 0 saturated carbocycles. The number of nitrogens with one attached hydrogen (secondary N) is 2. The zero-order chi connectivity index (χ0) is 19.4. The second-order valence-corrected chi connectivity index (χ2v) is 6.74. The molecule has 10 heteroatoms. The number of thioether (sulfide) groups is 1. The van der Waals surface area contributed by atoms with Gasteiger partial charge in [0.05, 0.1) is 5.69 Å². The van der Waals surface area contributed by atoms with E-state index in [1.54, 1.807) is 13.0 Å². The number of carbonyl (C=O) groups excluding carboxylic acids is 1. The fraction of sp³-hybridized carbons (Fsp3) is 0.294. The fourth-order valence-electron chi connectivity index (χ4n) is 2.59. The molecule has 0 saturated heterocycles. The number of aromatic amines is 1. The molecule has 1 amide bonds. The topological polar surface area (TPSA) is 118 Å². The first kappa shape index (κ1) is 18.8. The van der Waals surface area contributed by atoms with Crippen molar-refractivity contribution in [3.63, 3.8) is 0 Å². The molecule has 1 aromatic carbocycles. The highest BCUT2D eigenvalue weighted by molar-refractivity contribution is 7.98. The van der Waals surface area contributed by atoms with Gasteiger partial charge in [0.15, 0.2) is 5.16 Å². The molecule has 2 N–H and O–H groups in total. The van der Waals surface area contributed by atoms with Crippen molar-refractivity contribution in [2.45, 2.75) is 31.8 Å². The highest BCUT2D eigenvalue weighted by Gasteiger charge is 2.12. The van der Waals surface area contributed by atoms with Crippen LogP contribution < -0.4 is 10.9 Å². The van der Waals surface area contributed by atoms with Crippen LogP contribution >= 0.6 is 11.8 Å². The molecule has 140 valence electrons. The fourth-order valence-corrected chi connectivity index (χ4v) is 3.02. The summed E-state index contributed by atoms with van der Waals surface area (Å²) >= 11 is 1.37. The largest absolute Gasteiger partial charge is 0.326 e. The van der Waals surface area contributed by atoms with Gasteiger partial charge in [-0.05, 0) is 54.6 Å². The first-order valence-corrected chi connectivity index (χ1v) is 9.48. The smallest absolute Gasteiger partial charge is 0.254 e. The quantitative estimate of drug-likeness (QED) is 0.489. The van der Waals surface area contributed by atoms with E-state index in [9.17, 15) is 9.59 Å². The van der Waals surface area contributed by atoms with Crippen LogP contribution in [0.1, 0.15) is 23.2 Å². The molecule has 9 nitrogen and oxygen atoms in total. The number of H-pyrrole nitrogens is 1. The van der Waals surface area contributed by atoms with Crippen LogP contribution in [0.25, 0.3) is 5.69 Å². The first-order valence-electron chi connectivity index (χ1n) is 8.25. The Morgan fingerprint density at radius 1 is 1.33 bits per heavy atom. The molecular formula is C17H19N7O2S. The number of anilines is 1. The maximum atomic E-state index is 12.4. The van der Waals surface area contributed by atoms with E-state index in [1.165, 1.54) is 22.8 Å². The average molecular weight is 385 g/mol. The standard InChI is InChI=1S/C17H19N7O2S/c1-10-4-5-12(24-9-18-22-23-24)8-14(10)20-15(25)7-6-13-11(2)19-17(27-3)21-16(13)26/h4-5,8-9H,6-7H2,1-3H3,(H,20,25)(H,19,21,26). The van der Waals surface area contributed by atoms with Crippen LogP contribution in [0.2, 0.25) is 0 Å². The van der Waals surface area contributed by atoms with Gasteiger partial charge in [-0.2, -0.15) is 0 Å². The third kappa shape index (κ3) is 4.40. The maximum absolute atomic E-state index is 12.4. The van der Waals surface area contributed by atoms with E-state index in [-0.39, 0.29) is 17.9 Å². The Morgan fingerprint density at radius 2 is 2.15 bits per heavy atom. The first-order chi connectivity index (χ1) is 13.0. The molecular weight excluding hydrogens is 366 g/mol. The zero-order valence-corrected chi connectivity index (χ0v) is 16.0. The minimum Gasteiger partial charge on any atom is -0.326 e. The van der Waals surface area contributed by atoms with Crippen molar-refractivity contribution in [1.82, 2.24) is 30.2 Å². The van der Waals surface area contributed by atoms with Crippen molar-refractivity contribution in [3.05, 3.63) is 51.7 Å². The highest BCUT2D eigenvalue weighted by Crippen LogP contribution is 2.19. The second-order valence-electron chi connectivity index (χ2n) is 5.94. The molecule has 0 aliphatic carbocycles. The third-order valence-electron chi connectivity index (χ3n) is 4.10. The van der Waals surface area contributed by atoms with E-state index >= 15 is 0 Å². The van der Waals surface area contributed by atoms with Crippen molar-refractivity contribution in [3.8, 4) is 5.69 Å². The van der Waals surface area contributed by atoms with E-state index in [4.69, 9.17) is 0 Å². The van der Waals surface area contributed by atoms with Crippen LogP contribution in [-0.2, 0) is 11.2 Å². The lowest BCUT2D eigenvalue weighted by Crippen LogP contribution is -2.20. The number of aromatic nitrogens is 6. The summed E-state index contributed by atoms with van der Waals surface area (Å²) in [6, 6.07) is 5.55. The summed E-state index contributed by atoms with van der Waals surface area (Å²) in [7, 11) is 0. The Kier molecular flexibility index (Phi) is 5.65. The lowest BCUT2D eigenvalue weighted by Gasteiger charge is -2.11. The molecule has 0 spiro atoms. The van der Waals surface area contributed by atoms with Crippen molar-refractivity contribution < 1.29 is 4.79 Å². The van der Waals surface area contributed by atoms with Crippen LogP contribution in [0.3, 0.4) is 0 Å². The van der Waals surface area contributed by atoms with Gasteiger partial charge in [0.1, 0.15) is 6.33 Å². The third-order valence-corrected chi connectivity index (χ3v) is 4.68. The summed E-state index contributed by atoms with van der Waals surface area (Å²) in [4.78, 5) is 31.6. The summed E-state index contributed by atoms with van der Waals surface area (Å²) in [5, 5.41) is 14.5. The van der Waals surface area contributed by atoms with Gasteiger partial charge in [-0.25, -0.2) is 9.67 Å². The van der Waals surface area contributed by atoms with E-state index in [0.29, 0.717) is 28.5 Å². The maximum Gasteiger partial charge on any atom is 0.254 e. The minimum atomic E-state index is -0.198. The van der Waals surface area contributed by atoms with Crippen molar-refractivity contribution in [2.24, 2.45) is 0 Å². The van der Waals surface area contributed by atoms with Gasteiger partial charge in [0.2, 0.25) is 5.91 Å². The molecule has 0 fully saturated rings. The monoisotopic (exact) mass is 385 g/mol. The van der Waals surface area contributed by atoms with E-state index < -0.39 is 0 Å². The number of rotatable bonds is 6. The summed E-state index contributed by atoms with van der Waals surface area (Å²) in [5.41, 5.74) is 3.31. The number of aryl methyl sites for hydroxylation is 2. The summed E-state index contributed by atoms with van der Waals surface area (Å²) < 4.78 is 1.51. The Balaban J connectivity index is 1.70. The number of tetrazole rings is 1. The van der Waals surface area contributed by atoms with Gasteiger partial charge >= 0.3 is 0 Å². The van der Waals surface area contributed by atoms with E-state index in [0.717, 1.165) is 11.3 Å². The van der Waals surface area contributed by atoms with Crippen LogP contribution in [0, 0.1) is 13.8 Å². The summed E-state index contributed by atoms with van der Waals surface area (Å²) in [6.45, 7) is 3.68. The molecule has 2 heterocycles. The zero-order valence-electron chi connectivity index (χ0n) is 15.2. The van der Waals surface area contributed by atoms with Crippen LogP contribution in [0.5, 0.6) is 0 Å². The predicted octanol–water partition coefficient (Wildman–Crippen LogP) is 1.66. The number of carbonyl (C=O) groups is 1. The molecule has 0 atom stereocenters. The summed E-state index contributed by atoms with van der Waals surface area (Å²) in [6.07, 6.45) is 3.83. The molecule has 0 aliphatic rings. The van der Waals surface area contributed by atoms with Crippen LogP contribution in [0.4, 0.5) is 5.69 Å². The normalized spacial score (nSPS) is 10.8. The summed E-state index contributed by atoms with van der Waals surface area (Å²) in [5.74, 6) is -0.181. The molecule has 0 aliphatic heterocycles. The van der Waals surface area contributed by atoms with Gasteiger partial charge < -0.3 is 10.3 Å². The molecule has 2 aromatic heterocycles. The van der Waals surface area contributed by atoms with Gasteiger partial charge in [-0.3, -0.25) is 9.59 Å². The number of nitrogens with zero attached hydrogens (tertiary/aromatic N) is 5. The van der Waals surface area contributed by atoms with Crippen molar-refractivity contribution in [2.75, 3.05) is 11.6 Å². The Morgan fingerprint density at radius 3 is 2.81 bits per heavy atom. The molecule has 0 radical (unpaired) electrons. The highest BCUT2D eigenvalue weighted by atomic mass is 32.2. The lowest BCUT2D eigenvalue weighted by atomic mass is 10.1. The Bertz CT molecular complexity index is 1010. The van der Waals surface area contributed by atoms with Gasteiger partial charge in [0.25, 0.3) is 5.56 Å². The average Bonchev–Trinajstić information content (AvgIpc) is 3.17.